The highest BCUT2D eigenvalue weighted by atomic mass is 15.1. The lowest BCUT2D eigenvalue weighted by Crippen LogP contribution is -2.31. The van der Waals surface area contributed by atoms with Crippen molar-refractivity contribution in [3.8, 4) is 0 Å². The molecule has 0 aliphatic carbocycles. The van der Waals surface area contributed by atoms with Gasteiger partial charge >= 0.3 is 0 Å². The Morgan fingerprint density at radius 3 is 2.70 bits per heavy atom. The average molecular weight is 360 g/mol. The van der Waals surface area contributed by atoms with Gasteiger partial charge in [0, 0.05) is 38.2 Å². The third-order valence-corrected chi connectivity index (χ3v) is 4.71. The van der Waals surface area contributed by atoms with Crippen molar-refractivity contribution in [2.24, 2.45) is 0 Å². The SMILES string of the molecule is CCNc1ccc(Nc2ncnc3c2CN(Cc2ccccc2)CC3)cn1. The van der Waals surface area contributed by atoms with E-state index in [-0.39, 0.29) is 0 Å². The van der Waals surface area contributed by atoms with Gasteiger partial charge in [-0.1, -0.05) is 30.3 Å². The number of aromatic nitrogens is 3. The van der Waals surface area contributed by atoms with Gasteiger partial charge in [0.1, 0.15) is 18.0 Å². The zero-order chi connectivity index (χ0) is 18.5. The molecule has 0 saturated carbocycles. The van der Waals surface area contributed by atoms with Crippen LogP contribution >= 0.6 is 0 Å². The van der Waals surface area contributed by atoms with Crippen LogP contribution in [0.5, 0.6) is 0 Å². The Hall–Kier alpha value is -2.99. The van der Waals surface area contributed by atoms with Crippen molar-refractivity contribution in [1.29, 1.82) is 0 Å². The highest BCUT2D eigenvalue weighted by Crippen LogP contribution is 2.26. The molecule has 2 N–H and O–H groups in total. The molecular weight excluding hydrogens is 336 g/mol. The fourth-order valence-corrected chi connectivity index (χ4v) is 3.37. The first-order valence-electron chi connectivity index (χ1n) is 9.38. The quantitative estimate of drug-likeness (QED) is 0.700. The van der Waals surface area contributed by atoms with Gasteiger partial charge in [0.15, 0.2) is 0 Å². The molecule has 27 heavy (non-hydrogen) atoms. The van der Waals surface area contributed by atoms with Crippen LogP contribution in [0.2, 0.25) is 0 Å². The maximum Gasteiger partial charge on any atom is 0.138 e. The van der Waals surface area contributed by atoms with E-state index in [1.807, 2.05) is 18.3 Å². The summed E-state index contributed by atoms with van der Waals surface area (Å²) in [6.45, 7) is 5.71. The highest BCUT2D eigenvalue weighted by molar-refractivity contribution is 5.60. The van der Waals surface area contributed by atoms with Crippen LogP contribution in [0.25, 0.3) is 0 Å². The molecule has 0 spiro atoms. The number of hydrogen-bond acceptors (Lipinski definition) is 6. The van der Waals surface area contributed by atoms with E-state index in [0.717, 1.165) is 55.6 Å². The van der Waals surface area contributed by atoms with Crippen molar-refractivity contribution in [2.75, 3.05) is 23.7 Å². The third-order valence-electron chi connectivity index (χ3n) is 4.71. The maximum atomic E-state index is 4.50. The van der Waals surface area contributed by atoms with Crippen LogP contribution < -0.4 is 10.6 Å². The van der Waals surface area contributed by atoms with Crippen LogP contribution in [0.4, 0.5) is 17.3 Å². The molecular formula is C21H24N6. The second-order valence-corrected chi connectivity index (χ2v) is 6.68. The van der Waals surface area contributed by atoms with Crippen molar-refractivity contribution in [3.05, 3.63) is 71.8 Å². The van der Waals surface area contributed by atoms with Gasteiger partial charge in [0.05, 0.1) is 17.6 Å². The lowest BCUT2D eigenvalue weighted by Gasteiger charge is -2.29. The molecule has 0 saturated heterocycles. The molecule has 0 unspecified atom stereocenters. The number of fused-ring (bicyclic) bond motifs is 1. The van der Waals surface area contributed by atoms with Gasteiger partial charge < -0.3 is 10.6 Å². The van der Waals surface area contributed by atoms with Crippen LogP contribution in [0.3, 0.4) is 0 Å². The Morgan fingerprint density at radius 2 is 1.93 bits per heavy atom. The molecule has 0 amide bonds. The van der Waals surface area contributed by atoms with E-state index in [2.05, 4.69) is 67.7 Å². The van der Waals surface area contributed by atoms with Gasteiger partial charge in [-0.05, 0) is 24.6 Å². The number of pyridine rings is 1. The van der Waals surface area contributed by atoms with Crippen LogP contribution in [-0.2, 0) is 19.5 Å². The van der Waals surface area contributed by atoms with Gasteiger partial charge in [-0.3, -0.25) is 4.90 Å². The van der Waals surface area contributed by atoms with Crippen LogP contribution in [0, 0.1) is 0 Å². The first-order valence-corrected chi connectivity index (χ1v) is 9.38. The van der Waals surface area contributed by atoms with Gasteiger partial charge in [-0.2, -0.15) is 0 Å². The van der Waals surface area contributed by atoms with Crippen LogP contribution in [-0.4, -0.2) is 32.9 Å². The zero-order valence-electron chi connectivity index (χ0n) is 15.5. The Labute approximate surface area is 159 Å². The maximum absolute atomic E-state index is 4.50. The predicted molar refractivity (Wildman–Crippen MR) is 108 cm³/mol. The normalized spacial score (nSPS) is 13.8. The smallest absolute Gasteiger partial charge is 0.138 e. The molecule has 6 heteroatoms. The second-order valence-electron chi connectivity index (χ2n) is 6.68. The van der Waals surface area contributed by atoms with Crippen molar-refractivity contribution in [2.45, 2.75) is 26.4 Å². The van der Waals surface area contributed by atoms with Gasteiger partial charge in [0.25, 0.3) is 0 Å². The summed E-state index contributed by atoms with van der Waals surface area (Å²) in [5.41, 5.74) is 4.57. The summed E-state index contributed by atoms with van der Waals surface area (Å²) < 4.78 is 0. The number of anilines is 3. The lowest BCUT2D eigenvalue weighted by molar-refractivity contribution is 0.243. The summed E-state index contributed by atoms with van der Waals surface area (Å²) >= 11 is 0. The lowest BCUT2D eigenvalue weighted by atomic mass is 10.0. The summed E-state index contributed by atoms with van der Waals surface area (Å²) in [6.07, 6.45) is 4.42. The minimum absolute atomic E-state index is 0.844. The molecule has 2 aromatic heterocycles. The topological polar surface area (TPSA) is 66.0 Å². The molecule has 0 fully saturated rings. The fraction of sp³-hybridized carbons (Fsp3) is 0.286. The van der Waals surface area contributed by atoms with E-state index in [0.29, 0.717) is 0 Å². The fourth-order valence-electron chi connectivity index (χ4n) is 3.37. The number of benzene rings is 1. The number of nitrogens with zero attached hydrogens (tertiary/aromatic N) is 4. The summed E-state index contributed by atoms with van der Waals surface area (Å²) in [5, 5.41) is 6.62. The van der Waals surface area contributed by atoms with E-state index in [4.69, 9.17) is 0 Å². The standard InChI is InChI=1S/C21H24N6/c1-2-22-20-9-8-17(12-23-20)26-21-18-14-27(11-10-19(18)24-15-25-21)13-16-6-4-3-5-7-16/h3-9,12,15H,2,10-11,13-14H2,1H3,(H,22,23)(H,24,25,26). The van der Waals surface area contributed by atoms with Gasteiger partial charge in [-0.15, -0.1) is 0 Å². The minimum atomic E-state index is 0.844. The Bertz CT molecular complexity index is 879. The molecule has 3 heterocycles. The van der Waals surface area contributed by atoms with Crippen molar-refractivity contribution >= 4 is 17.3 Å². The van der Waals surface area contributed by atoms with E-state index in [1.54, 1.807) is 6.33 Å². The first kappa shape index (κ1) is 17.4. The number of hydrogen-bond donors (Lipinski definition) is 2. The molecule has 0 atom stereocenters. The largest absolute Gasteiger partial charge is 0.370 e. The molecule has 3 aromatic rings. The molecule has 4 rings (SSSR count). The predicted octanol–water partition coefficient (Wildman–Crippen LogP) is 3.61. The number of nitrogens with one attached hydrogen (secondary N) is 2. The first-order chi connectivity index (χ1) is 13.3. The molecule has 0 radical (unpaired) electrons. The highest BCUT2D eigenvalue weighted by Gasteiger charge is 2.21. The van der Waals surface area contributed by atoms with Crippen LogP contribution in [0.15, 0.2) is 55.0 Å². The minimum Gasteiger partial charge on any atom is -0.370 e. The van der Waals surface area contributed by atoms with Crippen molar-refractivity contribution in [1.82, 2.24) is 19.9 Å². The molecule has 138 valence electrons. The average Bonchev–Trinajstić information content (AvgIpc) is 2.71. The molecule has 0 bridgehead atoms. The summed E-state index contributed by atoms with van der Waals surface area (Å²) in [5.74, 6) is 1.75. The molecule has 1 aromatic carbocycles. The second kappa shape index (κ2) is 8.14. The Balaban J connectivity index is 1.50. The third kappa shape index (κ3) is 4.23. The summed E-state index contributed by atoms with van der Waals surface area (Å²) in [7, 11) is 0. The molecule has 1 aliphatic heterocycles. The van der Waals surface area contributed by atoms with Gasteiger partial charge in [0.2, 0.25) is 0 Å². The zero-order valence-corrected chi connectivity index (χ0v) is 15.5. The summed E-state index contributed by atoms with van der Waals surface area (Å²) in [4.78, 5) is 15.9. The van der Waals surface area contributed by atoms with Gasteiger partial charge in [-0.25, -0.2) is 15.0 Å². The molecule has 6 nitrogen and oxygen atoms in total. The Morgan fingerprint density at radius 1 is 1.04 bits per heavy atom. The van der Waals surface area contributed by atoms with Crippen molar-refractivity contribution in [3.63, 3.8) is 0 Å². The van der Waals surface area contributed by atoms with E-state index < -0.39 is 0 Å². The van der Waals surface area contributed by atoms with E-state index in [9.17, 15) is 0 Å². The number of rotatable bonds is 6. The monoisotopic (exact) mass is 360 g/mol. The molecule has 1 aliphatic rings. The van der Waals surface area contributed by atoms with E-state index in [1.165, 1.54) is 11.1 Å². The van der Waals surface area contributed by atoms with Crippen LogP contribution in [0.1, 0.15) is 23.7 Å². The van der Waals surface area contributed by atoms with Crippen molar-refractivity contribution < 1.29 is 0 Å². The summed E-state index contributed by atoms with van der Waals surface area (Å²) in [6, 6.07) is 14.6. The Kier molecular flexibility index (Phi) is 5.25. The van der Waals surface area contributed by atoms with E-state index >= 15 is 0 Å².